The number of para-hydroxylation sites is 1. The number of hydrogen-bond donors (Lipinski definition) is 7. The average molecular weight is 684 g/mol. The van der Waals surface area contributed by atoms with E-state index in [1.807, 2.05) is 38.2 Å². The van der Waals surface area contributed by atoms with E-state index in [4.69, 9.17) is 9.47 Å². The first-order valence-electron chi connectivity index (χ1n) is 15.9. The molecular formula is C32H41N5O10Si. The van der Waals surface area contributed by atoms with Gasteiger partial charge in [-0.05, 0) is 49.8 Å². The first kappa shape index (κ1) is 34.3. The number of nitrogens with one attached hydrogen (secondary N) is 1. The fourth-order valence-corrected chi connectivity index (χ4v) is 10.0. The summed E-state index contributed by atoms with van der Waals surface area (Å²) in [5, 5.41) is 60.4. The van der Waals surface area contributed by atoms with Crippen molar-refractivity contribution in [1.29, 1.82) is 0 Å². The normalized spacial score (nSPS) is 31.8. The summed E-state index contributed by atoms with van der Waals surface area (Å²) in [6.07, 6.45) is -7.07. The molecule has 0 radical (unpaired) electrons. The first-order valence-corrected chi connectivity index (χ1v) is 18.9. The van der Waals surface area contributed by atoms with Crippen LogP contribution in [0.4, 0.5) is 17.1 Å². The van der Waals surface area contributed by atoms with Crippen LogP contribution in [-0.4, -0.2) is 109 Å². The topological polar surface area (TPSA) is 220 Å². The average Bonchev–Trinajstić information content (AvgIpc) is 3.70. The van der Waals surface area contributed by atoms with Crippen LogP contribution in [0, 0.1) is 5.92 Å². The largest absolute Gasteiger partial charge is 0.432 e. The van der Waals surface area contributed by atoms with Crippen LogP contribution in [0.1, 0.15) is 24.6 Å². The van der Waals surface area contributed by atoms with E-state index in [2.05, 4.69) is 15.6 Å². The van der Waals surface area contributed by atoms with Crippen LogP contribution in [0.5, 0.6) is 0 Å². The van der Waals surface area contributed by atoms with Gasteiger partial charge < -0.3 is 45.1 Å². The van der Waals surface area contributed by atoms with Crippen LogP contribution in [0.25, 0.3) is 0 Å². The molecule has 0 saturated carbocycles. The Morgan fingerprint density at radius 1 is 1.06 bits per heavy atom. The van der Waals surface area contributed by atoms with Crippen LogP contribution in [0.3, 0.4) is 0 Å². The molecule has 3 aliphatic rings. The second-order valence-electron chi connectivity index (χ2n) is 13.2. The summed E-state index contributed by atoms with van der Waals surface area (Å²) in [6.45, 7) is 5.87. The molecule has 16 heteroatoms. The van der Waals surface area contributed by atoms with Gasteiger partial charge in [0.05, 0.1) is 17.5 Å². The standard InChI is InChI=1S/C32H41N5O10Si/c1-17-28(48(2,3)45)23(11-13-36-16-19(12-14-38)34-35-36)47-32(17)21-15-18(33-29(42)27-25(40)24(39)26(41)30(43)46-27)9-10-22(21)37(31(32)44)20-7-5-4-6-8-20/h4-10,15-17,23-28,30,38-41,43,45H,11-14H2,1-3H3,(H,33,42)/t17-,23+,24+,25+,26-,27+,28-,30-,32+/m1/s1. The number of hydrogen-bond acceptors (Lipinski definition) is 12. The van der Waals surface area contributed by atoms with Crippen LogP contribution < -0.4 is 10.2 Å². The van der Waals surface area contributed by atoms with Gasteiger partial charge in [-0.3, -0.25) is 19.2 Å². The SMILES string of the molecule is C[C@@H]1[C@@H]([Si](C)(C)O)[C@H](CCn2cc(CCO)nn2)O[C@@]12C(=O)N(c1ccccc1)c1ccc(NC(=O)[C@H]3O[C@@H](O)[C@H](O)[C@@H](O)[C@@H]3O)cc12. The number of aliphatic hydroxyl groups excluding tert-OH is 5. The van der Waals surface area contributed by atoms with E-state index in [0.29, 0.717) is 42.0 Å². The highest BCUT2D eigenvalue weighted by molar-refractivity contribution is 6.71. The number of carbonyl (C=O) groups is 2. The Hall–Kier alpha value is -3.58. The van der Waals surface area contributed by atoms with Gasteiger partial charge >= 0.3 is 0 Å². The molecule has 6 rings (SSSR count). The summed E-state index contributed by atoms with van der Waals surface area (Å²) >= 11 is 0. The van der Waals surface area contributed by atoms with Crippen LogP contribution in [-0.2, 0) is 37.6 Å². The monoisotopic (exact) mass is 683 g/mol. The molecule has 258 valence electrons. The summed E-state index contributed by atoms with van der Waals surface area (Å²) in [7, 11) is -2.99. The zero-order valence-corrected chi connectivity index (χ0v) is 27.7. The van der Waals surface area contributed by atoms with E-state index < -0.39 is 62.6 Å². The number of aliphatic hydroxyl groups is 5. The Morgan fingerprint density at radius 2 is 1.79 bits per heavy atom. The van der Waals surface area contributed by atoms with Crippen molar-refractivity contribution < 1.29 is 49.4 Å². The number of rotatable bonds is 9. The number of fused-ring (bicyclic) bond motifs is 2. The van der Waals surface area contributed by atoms with Gasteiger partial charge in [-0.1, -0.05) is 30.3 Å². The summed E-state index contributed by atoms with van der Waals surface area (Å²) < 4.78 is 13.6. The quantitative estimate of drug-likeness (QED) is 0.150. The van der Waals surface area contributed by atoms with Gasteiger partial charge in [-0.15, -0.1) is 5.10 Å². The maximum atomic E-state index is 14.8. The number of amides is 2. The summed E-state index contributed by atoms with van der Waals surface area (Å²) in [4.78, 5) is 41.2. The second kappa shape index (κ2) is 13.0. The molecule has 9 atom stereocenters. The third-order valence-electron chi connectivity index (χ3n) is 9.62. The summed E-state index contributed by atoms with van der Waals surface area (Å²) in [6, 6.07) is 13.9. The molecule has 2 saturated heterocycles. The van der Waals surface area contributed by atoms with Gasteiger partial charge in [-0.2, -0.15) is 0 Å². The van der Waals surface area contributed by atoms with E-state index >= 15 is 0 Å². The molecule has 1 spiro atoms. The Bertz CT molecular complexity index is 1650. The molecule has 7 N–H and O–H groups in total. The molecule has 2 amide bonds. The molecule has 2 aromatic carbocycles. The van der Waals surface area contributed by atoms with Gasteiger partial charge in [0, 0.05) is 54.2 Å². The van der Waals surface area contributed by atoms with E-state index in [1.54, 1.807) is 46.1 Å². The molecule has 0 unspecified atom stereocenters. The molecule has 1 aromatic heterocycles. The predicted octanol–water partition coefficient (Wildman–Crippen LogP) is 0.118. The number of benzene rings is 2. The van der Waals surface area contributed by atoms with Gasteiger partial charge in [0.15, 0.2) is 26.3 Å². The minimum absolute atomic E-state index is 0.0555. The lowest BCUT2D eigenvalue weighted by Gasteiger charge is -2.37. The van der Waals surface area contributed by atoms with E-state index in [9.17, 15) is 39.9 Å². The molecular weight excluding hydrogens is 642 g/mol. The van der Waals surface area contributed by atoms with Crippen molar-refractivity contribution in [2.24, 2.45) is 5.92 Å². The Balaban J connectivity index is 1.37. The van der Waals surface area contributed by atoms with Gasteiger partial charge in [-0.25, -0.2) is 0 Å². The highest BCUT2D eigenvalue weighted by Gasteiger charge is 2.66. The molecule has 3 aromatic rings. The van der Waals surface area contributed by atoms with Crippen LogP contribution >= 0.6 is 0 Å². The third kappa shape index (κ3) is 5.86. The maximum absolute atomic E-state index is 14.8. The minimum Gasteiger partial charge on any atom is -0.432 e. The van der Waals surface area contributed by atoms with Crippen molar-refractivity contribution >= 4 is 37.2 Å². The Labute approximate surface area is 277 Å². The molecule has 4 heterocycles. The first-order chi connectivity index (χ1) is 22.8. The van der Waals surface area contributed by atoms with Crippen LogP contribution in [0.2, 0.25) is 18.6 Å². The van der Waals surface area contributed by atoms with Crippen molar-refractivity contribution in [3.05, 3.63) is 66.0 Å². The number of carbonyl (C=O) groups excluding carboxylic acids is 2. The molecule has 15 nitrogen and oxygen atoms in total. The highest BCUT2D eigenvalue weighted by Crippen LogP contribution is 2.61. The smallest absolute Gasteiger partial charge is 0.268 e. The zero-order chi connectivity index (χ0) is 34.5. The molecule has 0 aliphatic carbocycles. The lowest BCUT2D eigenvalue weighted by Crippen LogP contribution is -2.60. The predicted molar refractivity (Wildman–Crippen MR) is 172 cm³/mol. The number of aromatic nitrogens is 3. The molecule has 48 heavy (non-hydrogen) atoms. The summed E-state index contributed by atoms with van der Waals surface area (Å²) in [5.41, 5.74) is 0.539. The van der Waals surface area contributed by atoms with Crippen molar-refractivity contribution in [2.45, 2.75) is 87.4 Å². The highest BCUT2D eigenvalue weighted by atomic mass is 28.4. The van der Waals surface area contributed by atoms with Crippen molar-refractivity contribution in [1.82, 2.24) is 15.0 Å². The minimum atomic E-state index is -2.99. The summed E-state index contributed by atoms with van der Waals surface area (Å²) in [5.74, 6) is -1.74. The fraction of sp³-hybridized carbons (Fsp3) is 0.500. The van der Waals surface area contributed by atoms with Crippen molar-refractivity contribution in [3.63, 3.8) is 0 Å². The van der Waals surface area contributed by atoms with Crippen molar-refractivity contribution in [3.8, 4) is 0 Å². The van der Waals surface area contributed by atoms with Crippen molar-refractivity contribution in [2.75, 3.05) is 16.8 Å². The fourth-order valence-electron chi connectivity index (χ4n) is 7.41. The second-order valence-corrected chi connectivity index (χ2v) is 17.2. The Kier molecular flexibility index (Phi) is 9.31. The van der Waals surface area contributed by atoms with E-state index in [0.717, 1.165) is 0 Å². The number of ether oxygens (including phenoxy) is 2. The number of anilines is 3. The number of aryl methyl sites for hydroxylation is 1. The third-order valence-corrected chi connectivity index (χ3v) is 12.1. The molecule has 0 bridgehead atoms. The Morgan fingerprint density at radius 3 is 2.48 bits per heavy atom. The van der Waals surface area contributed by atoms with Gasteiger partial charge in [0.2, 0.25) is 0 Å². The van der Waals surface area contributed by atoms with Gasteiger partial charge in [0.1, 0.15) is 18.3 Å². The van der Waals surface area contributed by atoms with E-state index in [-0.39, 0.29) is 23.7 Å². The zero-order valence-electron chi connectivity index (χ0n) is 26.7. The lowest BCUT2D eigenvalue weighted by molar-refractivity contribution is -0.274. The van der Waals surface area contributed by atoms with E-state index in [1.165, 1.54) is 0 Å². The lowest BCUT2D eigenvalue weighted by atomic mass is 9.82. The maximum Gasteiger partial charge on any atom is 0.268 e. The molecule has 3 aliphatic heterocycles. The molecule has 2 fully saturated rings. The van der Waals surface area contributed by atoms with Crippen LogP contribution in [0.15, 0.2) is 54.7 Å². The van der Waals surface area contributed by atoms with Gasteiger partial charge in [0.25, 0.3) is 11.8 Å². The number of nitrogens with zero attached hydrogens (tertiary/aromatic N) is 4.